The molecule has 3 atom stereocenters. The highest BCUT2D eigenvalue weighted by Crippen LogP contribution is 2.33. The fourth-order valence-electron chi connectivity index (χ4n) is 2.20. The van der Waals surface area contributed by atoms with Crippen LogP contribution in [0.4, 0.5) is 0 Å². The molecule has 2 saturated heterocycles. The minimum absolute atomic E-state index is 0.0165. The Kier molecular flexibility index (Phi) is 4.45. The number of fused-ring (bicyclic) bond motifs is 2. The van der Waals surface area contributed by atoms with Gasteiger partial charge in [-0.05, 0) is 18.9 Å². The number of hydrogen-bond donors (Lipinski definition) is 2. The summed E-state index contributed by atoms with van der Waals surface area (Å²) in [5.74, 6) is -2.90. The lowest BCUT2D eigenvalue weighted by molar-refractivity contribution is -0.159. The molecule has 7 heteroatoms. The quantitative estimate of drug-likeness (QED) is 0.463. The van der Waals surface area contributed by atoms with Gasteiger partial charge in [-0.25, -0.2) is 9.59 Å². The van der Waals surface area contributed by atoms with E-state index >= 15 is 0 Å². The summed E-state index contributed by atoms with van der Waals surface area (Å²) in [7, 11) is 1.48. The number of methoxy groups -OCH3 is 1. The van der Waals surface area contributed by atoms with E-state index in [1.807, 2.05) is 0 Å². The molecule has 3 unspecified atom stereocenters. The summed E-state index contributed by atoms with van der Waals surface area (Å²) in [5.41, 5.74) is 0. The van der Waals surface area contributed by atoms with Crippen LogP contribution in [-0.2, 0) is 19.1 Å². The Morgan fingerprint density at radius 2 is 1.76 bits per heavy atom. The van der Waals surface area contributed by atoms with Crippen LogP contribution in [0.25, 0.3) is 0 Å². The van der Waals surface area contributed by atoms with E-state index in [9.17, 15) is 4.79 Å². The first-order valence-electron chi connectivity index (χ1n) is 5.22. The molecule has 0 saturated carbocycles. The summed E-state index contributed by atoms with van der Waals surface area (Å²) < 4.78 is 4.72. The van der Waals surface area contributed by atoms with E-state index in [4.69, 9.17) is 24.5 Å². The Hall–Kier alpha value is -1.63. The fraction of sp³-hybridized carbons (Fsp3) is 0.700. The van der Waals surface area contributed by atoms with Crippen molar-refractivity contribution in [1.29, 1.82) is 0 Å². The van der Waals surface area contributed by atoms with Crippen molar-refractivity contribution < 1.29 is 29.3 Å². The van der Waals surface area contributed by atoms with Crippen molar-refractivity contribution in [3.05, 3.63) is 0 Å². The molecule has 2 aliphatic rings. The lowest BCUT2D eigenvalue weighted by Crippen LogP contribution is -2.30. The van der Waals surface area contributed by atoms with Gasteiger partial charge in [0, 0.05) is 13.1 Å². The van der Waals surface area contributed by atoms with Crippen molar-refractivity contribution in [3.8, 4) is 0 Å². The number of carboxylic acids is 2. The summed E-state index contributed by atoms with van der Waals surface area (Å²) >= 11 is 0. The van der Waals surface area contributed by atoms with Gasteiger partial charge in [-0.3, -0.25) is 4.79 Å². The molecular formula is C10H15NO6. The van der Waals surface area contributed by atoms with Crippen molar-refractivity contribution in [2.45, 2.75) is 6.42 Å². The maximum Gasteiger partial charge on any atom is 0.414 e. The summed E-state index contributed by atoms with van der Waals surface area (Å²) in [5, 5.41) is 14.8. The van der Waals surface area contributed by atoms with E-state index in [0.29, 0.717) is 5.92 Å². The van der Waals surface area contributed by atoms with Gasteiger partial charge in [0.2, 0.25) is 0 Å². The van der Waals surface area contributed by atoms with Gasteiger partial charge in [0.15, 0.2) is 0 Å². The Labute approximate surface area is 98.0 Å². The van der Waals surface area contributed by atoms with Crippen molar-refractivity contribution in [1.82, 2.24) is 4.90 Å². The Morgan fingerprint density at radius 3 is 2.06 bits per heavy atom. The third kappa shape index (κ3) is 3.42. The molecule has 0 aromatic heterocycles. The summed E-state index contributed by atoms with van der Waals surface area (Å²) in [6.45, 7) is 3.22. The smallest absolute Gasteiger partial charge is 0.414 e. The third-order valence-corrected chi connectivity index (χ3v) is 3.02. The first-order valence-corrected chi connectivity index (χ1v) is 5.22. The summed E-state index contributed by atoms with van der Waals surface area (Å²) in [4.78, 5) is 31.7. The third-order valence-electron chi connectivity index (χ3n) is 3.02. The van der Waals surface area contributed by atoms with Gasteiger partial charge < -0.3 is 19.8 Å². The van der Waals surface area contributed by atoms with Crippen molar-refractivity contribution in [2.75, 3.05) is 26.7 Å². The predicted molar refractivity (Wildman–Crippen MR) is 55.3 cm³/mol. The number of nitrogens with zero attached hydrogens (tertiary/aromatic N) is 1. The standard InChI is InChI=1S/C8H13NO2.C2H2O4/c1-11-8(10)7-5-9-3-2-6(7)4-9;3-1(4)2(5)6/h6-7H,2-5H2,1H3;(H,3,4)(H,5,6). The van der Waals surface area contributed by atoms with E-state index in [-0.39, 0.29) is 11.9 Å². The van der Waals surface area contributed by atoms with Crippen molar-refractivity contribution in [2.24, 2.45) is 11.8 Å². The van der Waals surface area contributed by atoms with E-state index in [1.54, 1.807) is 0 Å². The lowest BCUT2D eigenvalue weighted by Gasteiger charge is -2.19. The van der Waals surface area contributed by atoms with Crippen LogP contribution in [0.3, 0.4) is 0 Å². The van der Waals surface area contributed by atoms with Gasteiger partial charge in [0.25, 0.3) is 0 Å². The second-order valence-corrected chi connectivity index (χ2v) is 4.05. The zero-order valence-electron chi connectivity index (χ0n) is 9.46. The molecule has 2 N–H and O–H groups in total. The zero-order valence-corrected chi connectivity index (χ0v) is 9.46. The van der Waals surface area contributed by atoms with E-state index < -0.39 is 11.9 Å². The van der Waals surface area contributed by atoms with Crippen molar-refractivity contribution >= 4 is 17.9 Å². The largest absolute Gasteiger partial charge is 0.473 e. The first-order chi connectivity index (χ1) is 7.95. The second-order valence-electron chi connectivity index (χ2n) is 4.05. The van der Waals surface area contributed by atoms with E-state index in [1.165, 1.54) is 20.1 Å². The number of carbonyl (C=O) groups is 3. The molecule has 0 amide bonds. The number of esters is 1. The van der Waals surface area contributed by atoms with Crippen LogP contribution in [0.1, 0.15) is 6.42 Å². The van der Waals surface area contributed by atoms with Gasteiger partial charge >= 0.3 is 17.9 Å². The summed E-state index contributed by atoms with van der Waals surface area (Å²) in [6.07, 6.45) is 1.18. The highest BCUT2D eigenvalue weighted by Gasteiger charge is 2.42. The van der Waals surface area contributed by atoms with E-state index in [2.05, 4.69) is 4.90 Å². The van der Waals surface area contributed by atoms with Crippen LogP contribution < -0.4 is 0 Å². The average molecular weight is 245 g/mol. The molecule has 0 spiro atoms. The molecule has 0 aromatic carbocycles. The Bertz CT molecular complexity index is 317. The zero-order chi connectivity index (χ0) is 13.0. The van der Waals surface area contributed by atoms with Crippen LogP contribution in [0.15, 0.2) is 0 Å². The number of hydrogen-bond acceptors (Lipinski definition) is 5. The molecule has 0 radical (unpaired) electrons. The minimum Gasteiger partial charge on any atom is -0.473 e. The van der Waals surface area contributed by atoms with Crippen LogP contribution in [-0.4, -0.2) is 59.8 Å². The highest BCUT2D eigenvalue weighted by atomic mass is 16.5. The number of ether oxygens (including phenoxy) is 1. The molecule has 0 aromatic rings. The van der Waals surface area contributed by atoms with E-state index in [0.717, 1.165) is 13.1 Å². The average Bonchev–Trinajstić information content (AvgIpc) is 2.90. The normalized spacial score (nSPS) is 29.1. The molecule has 96 valence electrons. The molecule has 2 aliphatic heterocycles. The molecule has 2 rings (SSSR count). The molecule has 7 nitrogen and oxygen atoms in total. The van der Waals surface area contributed by atoms with Crippen LogP contribution in [0.2, 0.25) is 0 Å². The molecule has 0 aliphatic carbocycles. The Balaban J connectivity index is 0.000000209. The van der Waals surface area contributed by atoms with Gasteiger partial charge in [0.05, 0.1) is 13.0 Å². The number of carboxylic acid groups (broad SMARTS) is 2. The lowest BCUT2D eigenvalue weighted by atomic mass is 9.93. The number of rotatable bonds is 1. The maximum absolute atomic E-state index is 11.2. The molecular weight excluding hydrogens is 230 g/mol. The van der Waals surface area contributed by atoms with Gasteiger partial charge in [-0.1, -0.05) is 0 Å². The van der Waals surface area contributed by atoms with Gasteiger partial charge in [0.1, 0.15) is 0 Å². The Morgan fingerprint density at radius 1 is 1.18 bits per heavy atom. The van der Waals surface area contributed by atoms with Crippen molar-refractivity contribution in [3.63, 3.8) is 0 Å². The van der Waals surface area contributed by atoms with Gasteiger partial charge in [-0.2, -0.15) is 0 Å². The minimum atomic E-state index is -1.82. The number of aliphatic carboxylic acids is 2. The SMILES string of the molecule is COC(=O)C1CN2CCC1C2.O=C(O)C(=O)O. The molecule has 2 heterocycles. The van der Waals surface area contributed by atoms with Crippen LogP contribution in [0, 0.1) is 11.8 Å². The van der Waals surface area contributed by atoms with Crippen LogP contribution in [0.5, 0.6) is 0 Å². The molecule has 2 bridgehead atoms. The van der Waals surface area contributed by atoms with Crippen LogP contribution >= 0.6 is 0 Å². The monoisotopic (exact) mass is 245 g/mol. The summed E-state index contributed by atoms with van der Waals surface area (Å²) in [6, 6.07) is 0. The van der Waals surface area contributed by atoms with Gasteiger partial charge in [-0.15, -0.1) is 0 Å². The molecule has 2 fully saturated rings. The number of carbonyl (C=O) groups excluding carboxylic acids is 1. The number of piperidine rings is 1. The highest BCUT2D eigenvalue weighted by molar-refractivity contribution is 6.27. The first kappa shape index (κ1) is 13.4. The topological polar surface area (TPSA) is 104 Å². The maximum atomic E-state index is 11.2. The second kappa shape index (κ2) is 5.62. The molecule has 17 heavy (non-hydrogen) atoms. The fourth-order valence-corrected chi connectivity index (χ4v) is 2.20. The predicted octanol–water partition coefficient (Wildman–Crippen LogP) is -0.733.